The Morgan fingerprint density at radius 2 is 2.09 bits per heavy atom. The largest absolute Gasteiger partial charge is 0.370 e. The summed E-state index contributed by atoms with van der Waals surface area (Å²) in [5.74, 6) is 0. The molecule has 1 aromatic rings. The number of rotatable bonds is 0. The lowest BCUT2D eigenvalue weighted by atomic mass is 10.1. The van der Waals surface area contributed by atoms with Gasteiger partial charge in [0.25, 0.3) is 0 Å². The second-order valence-electron chi connectivity index (χ2n) is 2.45. The Kier molecular flexibility index (Phi) is 1.37. The molecule has 3 heteroatoms. The average Bonchev–Trinajstić information content (AvgIpc) is 2.29. The van der Waals surface area contributed by atoms with Gasteiger partial charge in [0, 0.05) is 5.56 Å². The van der Waals surface area contributed by atoms with Crippen molar-refractivity contribution in [2.75, 3.05) is 0 Å². The summed E-state index contributed by atoms with van der Waals surface area (Å²) in [6.07, 6.45) is 1.48. The van der Waals surface area contributed by atoms with E-state index in [-0.39, 0.29) is 0 Å². The van der Waals surface area contributed by atoms with E-state index in [2.05, 4.69) is 20.9 Å². The first-order valence-electron chi connectivity index (χ1n) is 3.26. The molecule has 0 radical (unpaired) electrons. The lowest BCUT2D eigenvalue weighted by Gasteiger charge is -2.10. The Balaban J connectivity index is 2.64. The van der Waals surface area contributed by atoms with E-state index in [0.717, 1.165) is 11.3 Å². The Morgan fingerprint density at radius 1 is 1.36 bits per heavy atom. The third-order valence-electron chi connectivity index (χ3n) is 1.66. The highest BCUT2D eigenvalue weighted by Crippen LogP contribution is 2.38. The summed E-state index contributed by atoms with van der Waals surface area (Å²) in [7, 11) is 0. The molecule has 0 aliphatic carbocycles. The van der Waals surface area contributed by atoms with Gasteiger partial charge in [0.05, 0.1) is 11.9 Å². The van der Waals surface area contributed by atoms with Gasteiger partial charge in [-0.1, -0.05) is 18.2 Å². The van der Waals surface area contributed by atoms with Crippen LogP contribution >= 0.6 is 15.9 Å². The van der Waals surface area contributed by atoms with Gasteiger partial charge >= 0.3 is 0 Å². The molecule has 1 heterocycles. The molecule has 56 valence electrons. The number of fused-ring (bicyclic) bond motifs is 1. The van der Waals surface area contributed by atoms with E-state index in [1.54, 1.807) is 0 Å². The van der Waals surface area contributed by atoms with Gasteiger partial charge in [-0.3, -0.25) is 4.99 Å². The number of alkyl halides is 1. The van der Waals surface area contributed by atoms with Crippen molar-refractivity contribution >= 4 is 27.8 Å². The van der Waals surface area contributed by atoms with Crippen LogP contribution in [0.25, 0.3) is 0 Å². The molecule has 0 bridgehead atoms. The van der Waals surface area contributed by atoms with Gasteiger partial charge < -0.3 is 5.11 Å². The number of aliphatic imine (C=N–C) groups is 1. The number of benzene rings is 1. The highest BCUT2D eigenvalue weighted by Gasteiger charge is 2.29. The van der Waals surface area contributed by atoms with E-state index in [1.165, 1.54) is 6.21 Å². The number of halogens is 1. The monoisotopic (exact) mass is 211 g/mol. The van der Waals surface area contributed by atoms with Crippen molar-refractivity contribution < 1.29 is 5.11 Å². The average molecular weight is 212 g/mol. The molecule has 2 rings (SSSR count). The zero-order valence-corrected chi connectivity index (χ0v) is 7.25. The molecule has 1 aromatic carbocycles. The van der Waals surface area contributed by atoms with Crippen LogP contribution in [0, 0.1) is 0 Å². The SMILES string of the molecule is OC1(Br)C=Nc2ccccc21. The Bertz CT molecular complexity index is 320. The lowest BCUT2D eigenvalue weighted by molar-refractivity contribution is 0.227. The van der Waals surface area contributed by atoms with Crippen LogP contribution < -0.4 is 0 Å². The molecule has 0 aromatic heterocycles. The second-order valence-corrected chi connectivity index (χ2v) is 3.66. The van der Waals surface area contributed by atoms with Crippen molar-refractivity contribution in [3.8, 4) is 0 Å². The van der Waals surface area contributed by atoms with Crippen molar-refractivity contribution in [2.24, 2.45) is 4.99 Å². The van der Waals surface area contributed by atoms with Gasteiger partial charge in [-0.25, -0.2) is 0 Å². The summed E-state index contributed by atoms with van der Waals surface area (Å²) in [6.45, 7) is 0. The number of hydrogen-bond acceptors (Lipinski definition) is 2. The van der Waals surface area contributed by atoms with Crippen molar-refractivity contribution in [3.05, 3.63) is 29.8 Å². The van der Waals surface area contributed by atoms with E-state index in [1.807, 2.05) is 24.3 Å². The minimum Gasteiger partial charge on any atom is -0.370 e. The Morgan fingerprint density at radius 3 is 2.82 bits per heavy atom. The first-order valence-corrected chi connectivity index (χ1v) is 4.05. The van der Waals surface area contributed by atoms with Crippen molar-refractivity contribution in [1.29, 1.82) is 0 Å². The summed E-state index contributed by atoms with van der Waals surface area (Å²) in [5.41, 5.74) is 1.63. The van der Waals surface area contributed by atoms with Gasteiger partial charge in [-0.2, -0.15) is 0 Å². The second kappa shape index (κ2) is 2.16. The summed E-state index contributed by atoms with van der Waals surface area (Å²) in [4.78, 5) is 4.03. The molecule has 0 saturated heterocycles. The van der Waals surface area contributed by atoms with Crippen LogP contribution in [-0.2, 0) is 4.51 Å². The fraction of sp³-hybridized carbons (Fsp3) is 0.125. The van der Waals surface area contributed by atoms with Crippen LogP contribution in [0.4, 0.5) is 5.69 Å². The normalized spacial score (nSPS) is 27.1. The third kappa shape index (κ3) is 1.01. The highest BCUT2D eigenvalue weighted by atomic mass is 79.9. The van der Waals surface area contributed by atoms with Crippen LogP contribution in [0.2, 0.25) is 0 Å². The van der Waals surface area contributed by atoms with E-state index in [9.17, 15) is 5.11 Å². The molecule has 0 amide bonds. The van der Waals surface area contributed by atoms with Gasteiger partial charge in [0.2, 0.25) is 0 Å². The van der Waals surface area contributed by atoms with E-state index in [4.69, 9.17) is 0 Å². The zero-order valence-electron chi connectivity index (χ0n) is 5.66. The summed E-state index contributed by atoms with van der Waals surface area (Å²) in [6, 6.07) is 7.48. The van der Waals surface area contributed by atoms with Gasteiger partial charge in [0.1, 0.15) is 0 Å². The summed E-state index contributed by atoms with van der Waals surface area (Å²) >= 11 is 3.15. The fourth-order valence-corrected chi connectivity index (χ4v) is 1.55. The maximum Gasteiger partial charge on any atom is 0.183 e. The van der Waals surface area contributed by atoms with Crippen molar-refractivity contribution in [3.63, 3.8) is 0 Å². The third-order valence-corrected chi connectivity index (χ3v) is 2.29. The molecule has 2 nitrogen and oxygen atoms in total. The van der Waals surface area contributed by atoms with Crippen molar-refractivity contribution in [1.82, 2.24) is 0 Å². The Labute approximate surface area is 72.7 Å². The van der Waals surface area contributed by atoms with Crippen molar-refractivity contribution in [2.45, 2.75) is 4.51 Å². The molecule has 1 unspecified atom stereocenters. The van der Waals surface area contributed by atoms with Gasteiger partial charge in [-0.15, -0.1) is 0 Å². The number of para-hydroxylation sites is 1. The van der Waals surface area contributed by atoms with E-state index < -0.39 is 4.51 Å². The van der Waals surface area contributed by atoms with Crippen LogP contribution in [0.1, 0.15) is 5.56 Å². The predicted octanol–water partition coefficient (Wildman–Crippen LogP) is 1.94. The topological polar surface area (TPSA) is 32.6 Å². The quantitative estimate of drug-likeness (QED) is 0.655. The number of nitrogens with zero attached hydrogens (tertiary/aromatic N) is 1. The minimum atomic E-state index is -1.05. The number of hydrogen-bond donors (Lipinski definition) is 1. The molecule has 1 atom stereocenters. The lowest BCUT2D eigenvalue weighted by Crippen LogP contribution is -2.14. The zero-order chi connectivity index (χ0) is 7.90. The fourth-order valence-electron chi connectivity index (χ4n) is 1.11. The molecule has 0 saturated carbocycles. The standard InChI is InChI=1S/C8H6BrNO/c9-8(11)5-10-7-4-2-1-3-6(7)8/h1-5,11H. The van der Waals surface area contributed by atoms with Crippen LogP contribution in [0.5, 0.6) is 0 Å². The Hall–Kier alpha value is -0.670. The summed E-state index contributed by atoms with van der Waals surface area (Å²) in [5, 5.41) is 9.61. The van der Waals surface area contributed by atoms with Crippen LogP contribution in [0.15, 0.2) is 29.3 Å². The molecule has 1 N–H and O–H groups in total. The summed E-state index contributed by atoms with van der Waals surface area (Å²) < 4.78 is -1.05. The molecule has 1 aliphatic heterocycles. The van der Waals surface area contributed by atoms with E-state index >= 15 is 0 Å². The molecular formula is C8H6BrNO. The van der Waals surface area contributed by atoms with Crippen LogP contribution in [0.3, 0.4) is 0 Å². The smallest absolute Gasteiger partial charge is 0.183 e. The number of aliphatic hydroxyl groups is 1. The van der Waals surface area contributed by atoms with Gasteiger partial charge in [0.15, 0.2) is 4.51 Å². The maximum atomic E-state index is 9.61. The first kappa shape index (κ1) is 7.00. The van der Waals surface area contributed by atoms with Gasteiger partial charge in [-0.05, 0) is 22.0 Å². The molecule has 0 spiro atoms. The molecule has 1 aliphatic rings. The minimum absolute atomic E-state index is 0.806. The molecular weight excluding hydrogens is 206 g/mol. The maximum absolute atomic E-state index is 9.61. The molecule has 0 fully saturated rings. The van der Waals surface area contributed by atoms with Crippen LogP contribution in [-0.4, -0.2) is 11.3 Å². The molecule has 11 heavy (non-hydrogen) atoms. The highest BCUT2D eigenvalue weighted by molar-refractivity contribution is 9.10. The predicted molar refractivity (Wildman–Crippen MR) is 47.4 cm³/mol. The first-order chi connectivity index (χ1) is 5.20. The van der Waals surface area contributed by atoms with E-state index in [0.29, 0.717) is 0 Å².